The van der Waals surface area contributed by atoms with E-state index < -0.39 is 5.97 Å². The van der Waals surface area contributed by atoms with Gasteiger partial charge in [-0.3, -0.25) is 0 Å². The van der Waals surface area contributed by atoms with E-state index in [1.807, 2.05) is 0 Å². The highest BCUT2D eigenvalue weighted by molar-refractivity contribution is 6.34. The molecule has 0 spiro atoms. The van der Waals surface area contributed by atoms with E-state index in [2.05, 4.69) is 12.2 Å². The third kappa shape index (κ3) is 3.35. The lowest BCUT2D eigenvalue weighted by Crippen LogP contribution is -2.33. The van der Waals surface area contributed by atoms with Gasteiger partial charge in [0.15, 0.2) is 0 Å². The topological polar surface area (TPSA) is 84.6 Å². The van der Waals surface area contributed by atoms with Crippen molar-refractivity contribution in [1.82, 2.24) is 0 Å². The van der Waals surface area contributed by atoms with Crippen molar-refractivity contribution in [2.45, 2.75) is 19.8 Å². The minimum atomic E-state index is -1.04. The van der Waals surface area contributed by atoms with Gasteiger partial charge in [0.1, 0.15) is 0 Å². The van der Waals surface area contributed by atoms with Gasteiger partial charge < -0.3 is 20.9 Å². The van der Waals surface area contributed by atoms with E-state index in [0.29, 0.717) is 22.9 Å². The molecule has 0 aliphatic carbocycles. The fourth-order valence-electron chi connectivity index (χ4n) is 2.32. The summed E-state index contributed by atoms with van der Waals surface area (Å²) in [6.07, 6.45) is 1.88. The fourth-order valence-corrected chi connectivity index (χ4v) is 2.61. The van der Waals surface area contributed by atoms with Crippen LogP contribution in [0.4, 0.5) is 11.4 Å². The molecule has 0 aromatic heterocycles. The molecule has 1 aromatic carbocycles. The van der Waals surface area contributed by atoms with Crippen LogP contribution in [0.1, 0.15) is 30.1 Å². The molecule has 1 saturated heterocycles. The van der Waals surface area contributed by atoms with Gasteiger partial charge in [-0.1, -0.05) is 18.5 Å². The van der Waals surface area contributed by atoms with Gasteiger partial charge in [-0.15, -0.1) is 0 Å². The molecule has 5 nitrogen and oxygen atoms in total. The summed E-state index contributed by atoms with van der Waals surface area (Å²) in [6.45, 7) is 4.29. The number of hydrogen-bond acceptors (Lipinski definition) is 4. The van der Waals surface area contributed by atoms with E-state index in [4.69, 9.17) is 22.1 Å². The van der Waals surface area contributed by atoms with E-state index in [9.17, 15) is 9.90 Å². The first-order chi connectivity index (χ1) is 9.41. The normalized spacial score (nSPS) is 17.7. The summed E-state index contributed by atoms with van der Waals surface area (Å²) in [6, 6.07) is 2.98. The Labute approximate surface area is 123 Å². The molecule has 0 bridgehead atoms. The van der Waals surface area contributed by atoms with Crippen LogP contribution in [-0.4, -0.2) is 30.8 Å². The van der Waals surface area contributed by atoms with Crippen LogP contribution in [0, 0.1) is 5.41 Å². The number of carboxylic acid groups (broad SMARTS) is 1. The number of aromatic carboxylic acids is 1. The number of anilines is 2. The summed E-state index contributed by atoms with van der Waals surface area (Å²) >= 11 is 6.11. The third-order valence-corrected chi connectivity index (χ3v) is 4.03. The summed E-state index contributed by atoms with van der Waals surface area (Å²) in [5, 5.41) is 12.7. The average Bonchev–Trinajstić information content (AvgIpc) is 2.37. The van der Waals surface area contributed by atoms with E-state index in [0.717, 1.165) is 26.1 Å². The Hall–Kier alpha value is -1.46. The zero-order valence-corrected chi connectivity index (χ0v) is 12.2. The Bertz CT molecular complexity index is 513. The Balaban J connectivity index is 2.18. The Morgan fingerprint density at radius 1 is 1.50 bits per heavy atom. The molecule has 1 aromatic rings. The predicted molar refractivity (Wildman–Crippen MR) is 79.5 cm³/mol. The lowest BCUT2D eigenvalue weighted by Gasteiger charge is -2.34. The number of halogens is 1. The van der Waals surface area contributed by atoms with Crippen molar-refractivity contribution in [2.75, 3.05) is 30.8 Å². The number of ether oxygens (including phenoxy) is 1. The van der Waals surface area contributed by atoms with Gasteiger partial charge in [0.05, 0.1) is 16.3 Å². The molecule has 1 aliphatic rings. The number of hydrogen-bond donors (Lipinski definition) is 3. The van der Waals surface area contributed by atoms with Crippen molar-refractivity contribution in [3.63, 3.8) is 0 Å². The van der Waals surface area contributed by atoms with Crippen LogP contribution in [0.15, 0.2) is 12.1 Å². The van der Waals surface area contributed by atoms with E-state index in [1.165, 1.54) is 6.07 Å². The molecule has 1 aliphatic heterocycles. The van der Waals surface area contributed by atoms with Crippen LogP contribution in [0.5, 0.6) is 0 Å². The SMILES string of the molecule is CC1(CNc2c(Cl)cc(N)cc2C(=O)O)CCOCC1. The maximum Gasteiger partial charge on any atom is 0.337 e. The number of carboxylic acids is 1. The van der Waals surface area contributed by atoms with Crippen LogP contribution in [0.3, 0.4) is 0 Å². The molecule has 0 radical (unpaired) electrons. The van der Waals surface area contributed by atoms with Gasteiger partial charge >= 0.3 is 5.97 Å². The first kappa shape index (κ1) is 14.9. The molecule has 110 valence electrons. The summed E-state index contributed by atoms with van der Waals surface area (Å²) in [7, 11) is 0. The molecular weight excluding hydrogens is 280 g/mol. The van der Waals surface area contributed by atoms with Crippen LogP contribution in [0.2, 0.25) is 5.02 Å². The van der Waals surface area contributed by atoms with E-state index in [1.54, 1.807) is 6.07 Å². The van der Waals surface area contributed by atoms with Gasteiger partial charge in [0.2, 0.25) is 0 Å². The van der Waals surface area contributed by atoms with Crippen molar-refractivity contribution >= 4 is 28.9 Å². The van der Waals surface area contributed by atoms with Gasteiger partial charge in [-0.2, -0.15) is 0 Å². The summed E-state index contributed by atoms with van der Waals surface area (Å²) in [4.78, 5) is 11.3. The summed E-state index contributed by atoms with van der Waals surface area (Å²) < 4.78 is 5.35. The smallest absolute Gasteiger partial charge is 0.337 e. The molecule has 6 heteroatoms. The minimum absolute atomic E-state index is 0.0821. The highest BCUT2D eigenvalue weighted by Crippen LogP contribution is 2.33. The van der Waals surface area contributed by atoms with Gasteiger partial charge in [-0.25, -0.2) is 4.79 Å². The first-order valence-electron chi connectivity index (χ1n) is 6.55. The van der Waals surface area contributed by atoms with Gasteiger partial charge in [0, 0.05) is 25.4 Å². The average molecular weight is 299 g/mol. The number of nitrogens with one attached hydrogen (secondary N) is 1. The van der Waals surface area contributed by atoms with Crippen LogP contribution in [0.25, 0.3) is 0 Å². The zero-order valence-electron chi connectivity index (χ0n) is 11.4. The second-order valence-corrected chi connectivity index (χ2v) is 5.91. The minimum Gasteiger partial charge on any atom is -0.478 e. The van der Waals surface area contributed by atoms with Crippen LogP contribution in [-0.2, 0) is 4.74 Å². The Morgan fingerprint density at radius 2 is 2.15 bits per heavy atom. The van der Waals surface area contributed by atoms with Crippen molar-refractivity contribution in [3.8, 4) is 0 Å². The summed E-state index contributed by atoms with van der Waals surface area (Å²) in [5.41, 5.74) is 6.60. The lowest BCUT2D eigenvalue weighted by atomic mass is 9.82. The fraction of sp³-hybridized carbons (Fsp3) is 0.500. The first-order valence-corrected chi connectivity index (χ1v) is 6.93. The lowest BCUT2D eigenvalue weighted by molar-refractivity contribution is 0.0300. The maximum absolute atomic E-state index is 11.3. The molecule has 0 amide bonds. The summed E-state index contributed by atoms with van der Waals surface area (Å²) in [5.74, 6) is -1.04. The standard InChI is InChI=1S/C14H19ClN2O3/c1-14(2-4-20-5-3-14)8-17-12-10(13(18)19)6-9(16)7-11(12)15/h6-7,17H,2-5,8,16H2,1H3,(H,18,19). The molecule has 2 rings (SSSR count). The predicted octanol–water partition coefficient (Wildman–Crippen LogP) is 2.85. The Morgan fingerprint density at radius 3 is 2.75 bits per heavy atom. The van der Waals surface area contributed by atoms with E-state index in [-0.39, 0.29) is 11.0 Å². The second-order valence-electron chi connectivity index (χ2n) is 5.51. The molecule has 0 saturated carbocycles. The highest BCUT2D eigenvalue weighted by atomic mass is 35.5. The van der Waals surface area contributed by atoms with Crippen LogP contribution >= 0.6 is 11.6 Å². The molecule has 1 fully saturated rings. The molecule has 0 atom stereocenters. The van der Waals surface area contributed by atoms with Crippen LogP contribution < -0.4 is 11.1 Å². The second kappa shape index (κ2) is 5.89. The molecular formula is C14H19ClN2O3. The Kier molecular flexibility index (Phi) is 4.40. The number of rotatable bonds is 4. The van der Waals surface area contributed by atoms with Crippen molar-refractivity contribution < 1.29 is 14.6 Å². The number of benzene rings is 1. The van der Waals surface area contributed by atoms with Gasteiger partial charge in [0.25, 0.3) is 0 Å². The zero-order chi connectivity index (χ0) is 14.8. The van der Waals surface area contributed by atoms with E-state index >= 15 is 0 Å². The third-order valence-electron chi connectivity index (χ3n) is 3.73. The number of nitrogens with two attached hydrogens (primary N) is 1. The maximum atomic E-state index is 11.3. The quantitative estimate of drug-likeness (QED) is 0.744. The number of nitrogen functional groups attached to an aromatic ring is 1. The van der Waals surface area contributed by atoms with Crippen molar-refractivity contribution in [1.29, 1.82) is 0 Å². The molecule has 4 N–H and O–H groups in total. The highest BCUT2D eigenvalue weighted by Gasteiger charge is 2.28. The largest absolute Gasteiger partial charge is 0.478 e. The molecule has 0 unspecified atom stereocenters. The van der Waals surface area contributed by atoms with Gasteiger partial charge in [-0.05, 0) is 30.4 Å². The van der Waals surface area contributed by atoms with Crippen molar-refractivity contribution in [2.24, 2.45) is 5.41 Å². The van der Waals surface area contributed by atoms with Crippen molar-refractivity contribution in [3.05, 3.63) is 22.7 Å². The monoisotopic (exact) mass is 298 g/mol. The number of carbonyl (C=O) groups is 1. The molecule has 1 heterocycles. The molecule has 20 heavy (non-hydrogen) atoms.